The van der Waals surface area contributed by atoms with Crippen LogP contribution in [-0.4, -0.2) is 19.1 Å². The molecular weight excluding hydrogens is 241 g/mol. The summed E-state index contributed by atoms with van der Waals surface area (Å²) in [4.78, 5) is 0. The Kier molecular flexibility index (Phi) is 3.80. The fourth-order valence-corrected chi connectivity index (χ4v) is 2.10. The van der Waals surface area contributed by atoms with Gasteiger partial charge in [0.1, 0.15) is 5.82 Å². The van der Waals surface area contributed by atoms with Crippen molar-refractivity contribution >= 4 is 5.69 Å². The van der Waals surface area contributed by atoms with Crippen LogP contribution in [0.25, 0.3) is 0 Å². The van der Waals surface area contributed by atoms with Crippen molar-refractivity contribution in [3.63, 3.8) is 0 Å². The minimum atomic E-state index is -3.01. The summed E-state index contributed by atoms with van der Waals surface area (Å²) in [6.45, 7) is 2.51. The van der Waals surface area contributed by atoms with Crippen LogP contribution in [0.1, 0.15) is 25.3 Å². The molecule has 0 aromatic heterocycles. The van der Waals surface area contributed by atoms with Crippen LogP contribution < -0.4 is 10.6 Å². The summed E-state index contributed by atoms with van der Waals surface area (Å²) in [6, 6.07) is 3.71. The van der Waals surface area contributed by atoms with E-state index in [1.165, 1.54) is 12.1 Å². The molecule has 2 nitrogen and oxygen atoms in total. The molecule has 1 aromatic carbocycles. The maximum Gasteiger partial charge on any atom is 0.270 e. The Morgan fingerprint density at radius 2 is 2.17 bits per heavy atom. The summed E-state index contributed by atoms with van der Waals surface area (Å²) >= 11 is 0. The largest absolute Gasteiger partial charge is 0.379 e. The van der Waals surface area contributed by atoms with Crippen molar-refractivity contribution < 1.29 is 13.2 Å². The third kappa shape index (κ3) is 3.16. The number of anilines is 1. The number of hydrogen-bond acceptors (Lipinski definition) is 2. The lowest BCUT2D eigenvalue weighted by Gasteiger charge is -2.25. The van der Waals surface area contributed by atoms with Gasteiger partial charge in [-0.2, -0.15) is 0 Å². The lowest BCUT2D eigenvalue weighted by molar-refractivity contribution is 0.0172. The first-order chi connectivity index (χ1) is 8.47. The number of alkyl halides is 2. The van der Waals surface area contributed by atoms with Crippen LogP contribution in [0.15, 0.2) is 18.2 Å². The third-order valence-electron chi connectivity index (χ3n) is 3.13. The fraction of sp³-hybridized carbons (Fsp3) is 0.538. The Labute approximate surface area is 105 Å². The van der Waals surface area contributed by atoms with Crippen molar-refractivity contribution in [1.82, 2.24) is 5.32 Å². The molecule has 100 valence electrons. The van der Waals surface area contributed by atoms with Gasteiger partial charge in [0.15, 0.2) is 0 Å². The van der Waals surface area contributed by atoms with Crippen molar-refractivity contribution in [3.05, 3.63) is 29.6 Å². The maximum absolute atomic E-state index is 13.7. The first-order valence-electron chi connectivity index (χ1n) is 6.12. The number of rotatable bonds is 3. The Morgan fingerprint density at radius 3 is 2.72 bits per heavy atom. The smallest absolute Gasteiger partial charge is 0.270 e. The number of piperidine rings is 1. The first-order valence-corrected chi connectivity index (χ1v) is 6.12. The van der Waals surface area contributed by atoms with Gasteiger partial charge in [-0.15, -0.1) is 0 Å². The lowest BCUT2D eigenvalue weighted by atomic mass is 10.1. The molecule has 0 amide bonds. The Hall–Kier alpha value is -1.23. The highest BCUT2D eigenvalue weighted by molar-refractivity contribution is 5.48. The second kappa shape index (κ2) is 5.18. The molecule has 0 bridgehead atoms. The third-order valence-corrected chi connectivity index (χ3v) is 3.13. The predicted molar refractivity (Wildman–Crippen MR) is 65.5 cm³/mol. The van der Waals surface area contributed by atoms with Crippen molar-refractivity contribution in [3.8, 4) is 0 Å². The van der Waals surface area contributed by atoms with Crippen LogP contribution in [0.5, 0.6) is 0 Å². The summed E-state index contributed by atoms with van der Waals surface area (Å²) in [5.41, 5.74) is -0.0102. The van der Waals surface area contributed by atoms with E-state index in [0.717, 1.165) is 38.9 Å². The molecule has 1 heterocycles. The standard InChI is InChI=1S/C13H17F3N2/c1-13(15,16)9-4-5-12(11(14)7-9)18-10-3-2-6-17-8-10/h4-5,7,10,17-18H,2-3,6,8H2,1H3. The molecule has 2 rings (SSSR count). The van der Waals surface area contributed by atoms with Gasteiger partial charge in [-0.3, -0.25) is 0 Å². The Bertz CT molecular complexity index is 409. The molecule has 0 aliphatic carbocycles. The molecular formula is C13H17F3N2. The van der Waals surface area contributed by atoms with Gasteiger partial charge >= 0.3 is 0 Å². The highest BCUT2D eigenvalue weighted by atomic mass is 19.3. The van der Waals surface area contributed by atoms with E-state index in [2.05, 4.69) is 10.6 Å². The molecule has 0 saturated carbocycles. The maximum atomic E-state index is 13.7. The highest BCUT2D eigenvalue weighted by Gasteiger charge is 2.25. The van der Waals surface area contributed by atoms with Crippen LogP contribution in [0, 0.1) is 5.82 Å². The first kappa shape index (κ1) is 13.2. The van der Waals surface area contributed by atoms with Gasteiger partial charge in [-0.1, -0.05) is 6.07 Å². The average molecular weight is 258 g/mol. The molecule has 1 unspecified atom stereocenters. The van der Waals surface area contributed by atoms with E-state index in [9.17, 15) is 13.2 Å². The molecule has 1 aliphatic heterocycles. The quantitative estimate of drug-likeness (QED) is 0.870. The topological polar surface area (TPSA) is 24.1 Å². The van der Waals surface area contributed by atoms with Gasteiger partial charge in [0.2, 0.25) is 0 Å². The number of hydrogen-bond donors (Lipinski definition) is 2. The lowest BCUT2D eigenvalue weighted by Crippen LogP contribution is -2.38. The molecule has 1 fully saturated rings. The summed E-state index contributed by atoms with van der Waals surface area (Å²) in [7, 11) is 0. The van der Waals surface area contributed by atoms with Gasteiger partial charge in [0, 0.05) is 25.1 Å². The summed E-state index contributed by atoms with van der Waals surface area (Å²) in [5.74, 6) is -3.63. The van der Waals surface area contributed by atoms with Crippen LogP contribution in [0.2, 0.25) is 0 Å². The second-order valence-corrected chi connectivity index (χ2v) is 4.77. The van der Waals surface area contributed by atoms with E-state index in [0.29, 0.717) is 0 Å². The zero-order valence-electron chi connectivity index (χ0n) is 10.3. The molecule has 0 radical (unpaired) electrons. The zero-order chi connectivity index (χ0) is 13.2. The molecule has 1 saturated heterocycles. The molecule has 1 atom stereocenters. The molecule has 1 aliphatic rings. The minimum absolute atomic E-state index is 0.154. The van der Waals surface area contributed by atoms with E-state index in [1.807, 2.05) is 0 Å². The van der Waals surface area contributed by atoms with Crippen LogP contribution in [-0.2, 0) is 5.92 Å². The average Bonchev–Trinajstić information content (AvgIpc) is 2.32. The number of nitrogens with one attached hydrogen (secondary N) is 2. The van der Waals surface area contributed by atoms with Crippen LogP contribution >= 0.6 is 0 Å². The minimum Gasteiger partial charge on any atom is -0.379 e. The second-order valence-electron chi connectivity index (χ2n) is 4.77. The van der Waals surface area contributed by atoms with E-state index in [1.54, 1.807) is 0 Å². The van der Waals surface area contributed by atoms with Crippen LogP contribution in [0.4, 0.5) is 18.9 Å². The van der Waals surface area contributed by atoms with E-state index in [-0.39, 0.29) is 17.3 Å². The van der Waals surface area contributed by atoms with Crippen molar-refractivity contribution in [2.75, 3.05) is 18.4 Å². The summed E-state index contributed by atoms with van der Waals surface area (Å²) < 4.78 is 39.8. The molecule has 2 N–H and O–H groups in total. The summed E-state index contributed by atoms with van der Waals surface area (Å²) in [6.07, 6.45) is 1.99. The highest BCUT2D eigenvalue weighted by Crippen LogP contribution is 2.29. The van der Waals surface area contributed by atoms with Crippen LogP contribution in [0.3, 0.4) is 0 Å². The van der Waals surface area contributed by atoms with Crippen molar-refractivity contribution in [1.29, 1.82) is 0 Å². The molecule has 1 aromatic rings. The fourth-order valence-electron chi connectivity index (χ4n) is 2.10. The van der Waals surface area contributed by atoms with Gasteiger partial charge < -0.3 is 10.6 Å². The van der Waals surface area contributed by atoms with Gasteiger partial charge in [0.25, 0.3) is 5.92 Å². The molecule has 18 heavy (non-hydrogen) atoms. The Balaban J connectivity index is 2.09. The van der Waals surface area contributed by atoms with Crippen molar-refractivity contribution in [2.24, 2.45) is 0 Å². The number of benzene rings is 1. The number of halogens is 3. The normalized spacial score (nSPS) is 20.8. The SMILES string of the molecule is CC(F)(F)c1ccc(NC2CCCNC2)c(F)c1. The molecule has 0 spiro atoms. The monoisotopic (exact) mass is 258 g/mol. The van der Waals surface area contributed by atoms with Crippen molar-refractivity contribution in [2.45, 2.75) is 31.7 Å². The Morgan fingerprint density at radius 1 is 1.39 bits per heavy atom. The van der Waals surface area contributed by atoms with Gasteiger partial charge in [-0.05, 0) is 31.5 Å². The van der Waals surface area contributed by atoms with E-state index < -0.39 is 11.7 Å². The van der Waals surface area contributed by atoms with Gasteiger partial charge in [0.05, 0.1) is 5.69 Å². The molecule has 5 heteroatoms. The van der Waals surface area contributed by atoms with E-state index in [4.69, 9.17) is 0 Å². The summed E-state index contributed by atoms with van der Waals surface area (Å²) in [5, 5.41) is 6.25. The predicted octanol–water partition coefficient (Wildman–Crippen LogP) is 3.10. The zero-order valence-corrected chi connectivity index (χ0v) is 10.3. The van der Waals surface area contributed by atoms with Gasteiger partial charge in [-0.25, -0.2) is 13.2 Å². The van der Waals surface area contributed by atoms with E-state index >= 15 is 0 Å².